The van der Waals surface area contributed by atoms with E-state index in [1.807, 2.05) is 0 Å². The zero-order valence-electron chi connectivity index (χ0n) is 4.92. The summed E-state index contributed by atoms with van der Waals surface area (Å²) in [6.07, 6.45) is -4.42. The molecule has 1 aromatic heterocycles. The molecule has 0 amide bonds. The summed E-state index contributed by atoms with van der Waals surface area (Å²) in [5.41, 5.74) is 4.92. The van der Waals surface area contributed by atoms with E-state index in [2.05, 4.69) is 10.2 Å². The number of nitrogen functional groups attached to an aromatic ring is 1. The number of nitrogens with zero attached hydrogens (tertiary/aromatic N) is 2. The molecule has 0 aliphatic rings. The molecular formula is C3H3ClF3N3S. The molecule has 0 saturated carbocycles. The van der Waals surface area contributed by atoms with Crippen molar-refractivity contribution < 1.29 is 13.2 Å². The van der Waals surface area contributed by atoms with Gasteiger partial charge in [0, 0.05) is 0 Å². The fraction of sp³-hybridized carbons (Fsp3) is 0.333. The van der Waals surface area contributed by atoms with E-state index in [1.165, 1.54) is 0 Å². The van der Waals surface area contributed by atoms with Crippen LogP contribution in [0.4, 0.5) is 18.3 Å². The predicted molar refractivity (Wildman–Crippen MR) is 36.6 cm³/mol. The standard InChI is InChI=1S/C3H2F3N3S.ClH/c4-3(5,6)1-8-9-2(7)10-1;/h(H2,7,9);1H. The van der Waals surface area contributed by atoms with E-state index in [1.54, 1.807) is 0 Å². The second-order valence-corrected chi connectivity index (χ2v) is 2.45. The van der Waals surface area contributed by atoms with Gasteiger partial charge >= 0.3 is 6.18 Å². The average molecular weight is 206 g/mol. The fourth-order valence-corrected chi connectivity index (χ4v) is 0.826. The van der Waals surface area contributed by atoms with E-state index in [0.29, 0.717) is 11.3 Å². The van der Waals surface area contributed by atoms with E-state index in [9.17, 15) is 13.2 Å². The molecule has 8 heteroatoms. The molecule has 0 bridgehead atoms. The first-order valence-electron chi connectivity index (χ1n) is 2.16. The lowest BCUT2D eigenvalue weighted by molar-refractivity contribution is -0.138. The molecule has 0 saturated heterocycles. The summed E-state index contributed by atoms with van der Waals surface area (Å²) in [4.78, 5) is 0. The van der Waals surface area contributed by atoms with E-state index >= 15 is 0 Å². The van der Waals surface area contributed by atoms with Crippen molar-refractivity contribution in [1.29, 1.82) is 0 Å². The lowest BCUT2D eigenvalue weighted by Crippen LogP contribution is -2.03. The molecule has 0 aliphatic carbocycles. The quantitative estimate of drug-likeness (QED) is 0.699. The zero-order valence-corrected chi connectivity index (χ0v) is 6.56. The molecule has 2 N–H and O–H groups in total. The van der Waals surface area contributed by atoms with Crippen LogP contribution in [-0.2, 0) is 6.18 Å². The third-order valence-corrected chi connectivity index (χ3v) is 1.48. The van der Waals surface area contributed by atoms with Gasteiger partial charge in [-0.1, -0.05) is 11.3 Å². The molecule has 1 rings (SSSR count). The number of nitrogens with two attached hydrogens (primary N) is 1. The molecule has 0 spiro atoms. The van der Waals surface area contributed by atoms with E-state index < -0.39 is 11.2 Å². The largest absolute Gasteiger partial charge is 0.445 e. The Bertz CT molecular complexity index is 234. The van der Waals surface area contributed by atoms with Crippen LogP contribution in [0.15, 0.2) is 0 Å². The van der Waals surface area contributed by atoms with Gasteiger partial charge in [-0.15, -0.1) is 22.6 Å². The Balaban J connectivity index is 0.000001000. The topological polar surface area (TPSA) is 51.8 Å². The van der Waals surface area contributed by atoms with E-state index in [-0.39, 0.29) is 17.5 Å². The Morgan fingerprint density at radius 3 is 2.00 bits per heavy atom. The van der Waals surface area contributed by atoms with Crippen molar-refractivity contribution in [3.63, 3.8) is 0 Å². The van der Waals surface area contributed by atoms with Crippen LogP contribution in [0, 0.1) is 0 Å². The molecular weight excluding hydrogens is 203 g/mol. The van der Waals surface area contributed by atoms with Crippen molar-refractivity contribution in [2.24, 2.45) is 0 Å². The van der Waals surface area contributed by atoms with Gasteiger partial charge in [-0.25, -0.2) is 0 Å². The monoisotopic (exact) mass is 205 g/mol. The Hall–Kier alpha value is -0.560. The molecule has 3 nitrogen and oxygen atoms in total. The Morgan fingerprint density at radius 1 is 1.27 bits per heavy atom. The SMILES string of the molecule is Cl.Nc1nnc(C(F)(F)F)s1. The normalized spacial score (nSPS) is 10.8. The van der Waals surface area contributed by atoms with Crippen LogP contribution in [-0.4, -0.2) is 10.2 Å². The van der Waals surface area contributed by atoms with Crippen LogP contribution in [0.1, 0.15) is 5.01 Å². The number of anilines is 1. The lowest BCUT2D eigenvalue weighted by Gasteiger charge is -1.96. The summed E-state index contributed by atoms with van der Waals surface area (Å²) in [6.45, 7) is 0. The van der Waals surface area contributed by atoms with Gasteiger partial charge in [0.1, 0.15) is 0 Å². The molecule has 0 aliphatic heterocycles. The highest BCUT2D eigenvalue weighted by molar-refractivity contribution is 7.15. The summed E-state index contributed by atoms with van der Waals surface area (Å²) in [7, 11) is 0. The first kappa shape index (κ1) is 10.4. The van der Waals surface area contributed by atoms with Crippen molar-refractivity contribution in [3.8, 4) is 0 Å². The van der Waals surface area contributed by atoms with Crippen LogP contribution in [0.5, 0.6) is 0 Å². The van der Waals surface area contributed by atoms with Crippen molar-refractivity contribution in [3.05, 3.63) is 5.01 Å². The van der Waals surface area contributed by atoms with Crippen molar-refractivity contribution in [2.75, 3.05) is 5.73 Å². The van der Waals surface area contributed by atoms with Gasteiger partial charge in [0.2, 0.25) is 10.1 Å². The molecule has 0 fully saturated rings. The number of hydrogen-bond donors (Lipinski definition) is 1. The van der Waals surface area contributed by atoms with Crippen molar-refractivity contribution in [2.45, 2.75) is 6.18 Å². The highest BCUT2D eigenvalue weighted by atomic mass is 35.5. The molecule has 0 radical (unpaired) electrons. The van der Waals surface area contributed by atoms with Gasteiger partial charge in [-0.05, 0) is 0 Å². The van der Waals surface area contributed by atoms with Gasteiger partial charge in [0.15, 0.2) is 0 Å². The van der Waals surface area contributed by atoms with Crippen LogP contribution in [0.3, 0.4) is 0 Å². The molecule has 1 heterocycles. The first-order chi connectivity index (χ1) is 4.50. The van der Waals surface area contributed by atoms with Crippen molar-refractivity contribution in [1.82, 2.24) is 10.2 Å². The molecule has 11 heavy (non-hydrogen) atoms. The average Bonchev–Trinajstić information content (AvgIpc) is 2.11. The predicted octanol–water partition coefficient (Wildman–Crippen LogP) is 1.56. The smallest absolute Gasteiger partial charge is 0.374 e. The third kappa shape index (κ3) is 2.51. The van der Waals surface area contributed by atoms with E-state index in [0.717, 1.165) is 0 Å². The van der Waals surface area contributed by atoms with Crippen LogP contribution < -0.4 is 5.73 Å². The minimum absolute atomic E-state index is 0. The Kier molecular flexibility index (Phi) is 3.06. The molecule has 0 atom stereocenters. The van der Waals surface area contributed by atoms with Gasteiger partial charge < -0.3 is 5.73 Å². The number of halogens is 4. The summed E-state index contributed by atoms with van der Waals surface area (Å²) >= 11 is 0.325. The maximum absolute atomic E-state index is 11.7. The number of alkyl halides is 3. The van der Waals surface area contributed by atoms with Crippen LogP contribution >= 0.6 is 23.7 Å². The Morgan fingerprint density at radius 2 is 1.82 bits per heavy atom. The summed E-state index contributed by atoms with van der Waals surface area (Å²) in [5, 5.41) is 4.63. The first-order valence-corrected chi connectivity index (χ1v) is 2.98. The lowest BCUT2D eigenvalue weighted by atomic mass is 10.7. The fourth-order valence-electron chi connectivity index (χ4n) is 0.349. The number of aromatic nitrogens is 2. The summed E-state index contributed by atoms with van der Waals surface area (Å²) in [6, 6.07) is 0. The molecule has 0 unspecified atom stereocenters. The van der Waals surface area contributed by atoms with E-state index in [4.69, 9.17) is 5.73 Å². The van der Waals surface area contributed by atoms with Crippen LogP contribution in [0.25, 0.3) is 0 Å². The highest BCUT2D eigenvalue weighted by Crippen LogP contribution is 2.31. The van der Waals surface area contributed by atoms with Crippen LogP contribution in [0.2, 0.25) is 0 Å². The summed E-state index contributed by atoms with van der Waals surface area (Å²) < 4.78 is 35.0. The summed E-state index contributed by atoms with van der Waals surface area (Å²) in [5.74, 6) is 0. The minimum Gasteiger partial charge on any atom is -0.374 e. The maximum atomic E-state index is 11.7. The molecule has 0 aromatic carbocycles. The Labute approximate surface area is 69.8 Å². The molecule has 1 aromatic rings. The third-order valence-electron chi connectivity index (χ3n) is 0.683. The van der Waals surface area contributed by atoms with Gasteiger partial charge in [-0.2, -0.15) is 13.2 Å². The highest BCUT2D eigenvalue weighted by Gasteiger charge is 2.35. The zero-order chi connectivity index (χ0) is 7.78. The van der Waals surface area contributed by atoms with Gasteiger partial charge in [0.05, 0.1) is 0 Å². The number of hydrogen-bond acceptors (Lipinski definition) is 4. The maximum Gasteiger partial charge on any atom is 0.445 e. The molecule has 64 valence electrons. The second-order valence-electron chi connectivity index (χ2n) is 1.44. The van der Waals surface area contributed by atoms with Crippen molar-refractivity contribution >= 4 is 28.9 Å². The minimum atomic E-state index is -4.42. The van der Waals surface area contributed by atoms with Gasteiger partial charge in [-0.3, -0.25) is 0 Å². The second kappa shape index (κ2) is 3.22. The van der Waals surface area contributed by atoms with Gasteiger partial charge in [0.25, 0.3) is 0 Å². The number of rotatable bonds is 0.